The summed E-state index contributed by atoms with van der Waals surface area (Å²) in [6.07, 6.45) is 5.83. The van der Waals surface area contributed by atoms with Crippen LogP contribution in [0.15, 0.2) is 24.3 Å². The highest BCUT2D eigenvalue weighted by Gasteiger charge is 2.54. The van der Waals surface area contributed by atoms with Crippen LogP contribution in [-0.4, -0.2) is 50.6 Å². The molecule has 2 fully saturated rings. The lowest BCUT2D eigenvalue weighted by Crippen LogP contribution is -2.70. The number of carbonyl (C=O) groups excluding carboxylic acids is 2. The molecule has 3 unspecified atom stereocenters. The number of aliphatic hydroxyl groups is 2. The third-order valence-electron chi connectivity index (χ3n) is 6.80. The SMILES string of the molecule is O=C(N[C@@H](C1CCCCCCC1)C(F)(P)P)N1C(=O)[C@H](CCc2cccc(Cl)c2)C1C(O)O. The summed E-state index contributed by atoms with van der Waals surface area (Å²) in [6, 6.07) is 4.55. The second kappa shape index (κ2) is 11.7. The van der Waals surface area contributed by atoms with Gasteiger partial charge in [-0.1, -0.05) is 74.3 Å². The standard InChI is InChI=1S/C23H34ClFN2O4P2/c24-16-10-6-7-14(13-16)11-12-17-18(21(29)30)27(20(17)28)22(31)26-19(23(25,32)33)15-8-4-2-1-3-5-9-15/h6-7,10,13,15,17-19,21,29-30H,1-5,8-9,11-12,32-33H2,(H,26,31)/t17-,18?,19+/m1/s1. The zero-order valence-electron chi connectivity index (χ0n) is 18.6. The first kappa shape index (κ1) is 26.8. The molecule has 3 N–H and O–H groups in total. The normalized spacial score (nSPS) is 23.6. The number of urea groups is 1. The summed E-state index contributed by atoms with van der Waals surface area (Å²) in [5, 5.41) is 21.3. The number of imide groups is 1. The molecule has 1 aliphatic heterocycles. The number of halogens is 2. The monoisotopic (exact) mass is 518 g/mol. The molecule has 1 aliphatic carbocycles. The van der Waals surface area contributed by atoms with Gasteiger partial charge in [0.1, 0.15) is 6.04 Å². The second-order valence-electron chi connectivity index (χ2n) is 9.25. The molecule has 1 saturated carbocycles. The third kappa shape index (κ3) is 6.86. The van der Waals surface area contributed by atoms with E-state index in [0.717, 1.165) is 49.0 Å². The van der Waals surface area contributed by atoms with E-state index in [0.29, 0.717) is 17.9 Å². The minimum atomic E-state index is -1.88. The number of benzene rings is 1. The van der Waals surface area contributed by atoms with Gasteiger partial charge in [0.15, 0.2) is 11.4 Å². The molecule has 0 aromatic heterocycles. The van der Waals surface area contributed by atoms with E-state index in [2.05, 4.69) is 23.8 Å². The van der Waals surface area contributed by atoms with Gasteiger partial charge in [0.2, 0.25) is 5.91 Å². The van der Waals surface area contributed by atoms with Crippen molar-refractivity contribution in [3.05, 3.63) is 34.9 Å². The number of nitrogens with zero attached hydrogens (tertiary/aromatic N) is 1. The Morgan fingerprint density at radius 1 is 1.21 bits per heavy atom. The number of hydrogen-bond acceptors (Lipinski definition) is 4. The Labute approximate surface area is 204 Å². The maximum Gasteiger partial charge on any atom is 0.324 e. The van der Waals surface area contributed by atoms with Gasteiger partial charge in [-0.25, -0.2) is 9.18 Å². The number of β-lactam (4-membered cyclic amide) rings is 1. The summed E-state index contributed by atoms with van der Waals surface area (Å²) in [4.78, 5) is 26.7. The molecule has 0 radical (unpaired) electrons. The smallest absolute Gasteiger partial charge is 0.324 e. The number of amides is 3. The molecule has 5 atom stereocenters. The van der Waals surface area contributed by atoms with Crippen molar-refractivity contribution in [1.82, 2.24) is 10.2 Å². The largest absolute Gasteiger partial charge is 0.366 e. The fourth-order valence-electron chi connectivity index (χ4n) is 5.07. The van der Waals surface area contributed by atoms with E-state index in [1.54, 1.807) is 12.1 Å². The second-order valence-corrected chi connectivity index (χ2v) is 12.1. The van der Waals surface area contributed by atoms with Crippen LogP contribution in [0.3, 0.4) is 0 Å². The Morgan fingerprint density at radius 3 is 2.42 bits per heavy atom. The Morgan fingerprint density at radius 2 is 1.85 bits per heavy atom. The molecule has 3 rings (SSSR count). The van der Waals surface area contributed by atoms with Crippen LogP contribution >= 0.6 is 30.1 Å². The van der Waals surface area contributed by atoms with Crippen LogP contribution in [0.4, 0.5) is 9.18 Å². The zero-order valence-corrected chi connectivity index (χ0v) is 21.7. The Balaban J connectivity index is 1.68. The van der Waals surface area contributed by atoms with Gasteiger partial charge in [-0.2, -0.15) is 0 Å². The highest BCUT2D eigenvalue weighted by atomic mass is 35.5. The minimum absolute atomic E-state index is 0.0678. The van der Waals surface area contributed by atoms with Crippen molar-refractivity contribution in [3.63, 3.8) is 0 Å². The van der Waals surface area contributed by atoms with Gasteiger partial charge in [-0.05, 0) is 49.3 Å². The fraction of sp³-hybridized carbons (Fsp3) is 0.652. The van der Waals surface area contributed by atoms with Crippen LogP contribution in [0.25, 0.3) is 0 Å². The van der Waals surface area contributed by atoms with Gasteiger partial charge < -0.3 is 15.5 Å². The molecule has 1 aromatic rings. The molecule has 33 heavy (non-hydrogen) atoms. The predicted molar refractivity (Wildman–Crippen MR) is 134 cm³/mol. The van der Waals surface area contributed by atoms with Crippen LogP contribution in [0, 0.1) is 11.8 Å². The van der Waals surface area contributed by atoms with E-state index >= 15 is 4.39 Å². The Kier molecular flexibility index (Phi) is 9.51. The van der Waals surface area contributed by atoms with Gasteiger partial charge >= 0.3 is 6.03 Å². The van der Waals surface area contributed by atoms with Gasteiger partial charge in [-0.3, -0.25) is 9.69 Å². The summed E-state index contributed by atoms with van der Waals surface area (Å²) in [5.74, 6) is -1.26. The Hall–Kier alpha value is -0.840. The maximum atomic E-state index is 15.1. The number of aliphatic hydroxyl groups excluding tert-OH is 1. The minimum Gasteiger partial charge on any atom is -0.366 e. The number of hydrogen-bond donors (Lipinski definition) is 3. The molecule has 0 bridgehead atoms. The van der Waals surface area contributed by atoms with E-state index in [4.69, 9.17) is 11.6 Å². The van der Waals surface area contributed by atoms with Crippen molar-refractivity contribution < 1.29 is 24.2 Å². The topological polar surface area (TPSA) is 89.9 Å². The molecule has 0 spiro atoms. The maximum absolute atomic E-state index is 15.1. The average Bonchev–Trinajstić information content (AvgIpc) is 2.69. The first-order chi connectivity index (χ1) is 15.6. The quantitative estimate of drug-likeness (QED) is 0.286. The van der Waals surface area contributed by atoms with E-state index in [9.17, 15) is 19.8 Å². The lowest BCUT2D eigenvalue weighted by atomic mass is 9.82. The van der Waals surface area contributed by atoms with E-state index < -0.39 is 41.4 Å². The summed E-state index contributed by atoms with van der Waals surface area (Å²) >= 11 is 6.01. The molecule has 1 aromatic carbocycles. The number of likely N-dealkylation sites (tertiary alicyclic amines) is 1. The average molecular weight is 519 g/mol. The van der Waals surface area contributed by atoms with Crippen molar-refractivity contribution in [2.75, 3.05) is 0 Å². The number of alkyl halides is 1. The van der Waals surface area contributed by atoms with Crippen molar-refractivity contribution in [1.29, 1.82) is 0 Å². The van der Waals surface area contributed by atoms with Crippen molar-refractivity contribution in [2.24, 2.45) is 11.8 Å². The lowest BCUT2D eigenvalue weighted by Gasteiger charge is -2.47. The van der Waals surface area contributed by atoms with Crippen molar-refractivity contribution in [2.45, 2.75) is 81.3 Å². The predicted octanol–water partition coefficient (Wildman–Crippen LogP) is 4.22. The number of nitrogens with one attached hydrogen (secondary N) is 1. The van der Waals surface area contributed by atoms with Gasteiger partial charge in [-0.15, -0.1) is 0 Å². The van der Waals surface area contributed by atoms with Crippen LogP contribution in [0.1, 0.15) is 56.9 Å². The van der Waals surface area contributed by atoms with E-state index in [1.807, 2.05) is 12.1 Å². The molecular weight excluding hydrogens is 485 g/mol. The molecule has 1 saturated heterocycles. The summed E-state index contributed by atoms with van der Waals surface area (Å²) < 4.78 is 15.1. The third-order valence-corrected chi connectivity index (χ3v) is 7.75. The highest BCUT2D eigenvalue weighted by molar-refractivity contribution is 7.39. The molecule has 184 valence electrons. The first-order valence-electron chi connectivity index (χ1n) is 11.6. The molecule has 2 aliphatic rings. The number of rotatable bonds is 7. The molecule has 10 heteroatoms. The molecule has 1 heterocycles. The molecular formula is C23H34ClFN2O4P2. The summed E-state index contributed by atoms with van der Waals surface area (Å²) in [6.45, 7) is 0. The van der Waals surface area contributed by atoms with Crippen LogP contribution in [0.2, 0.25) is 5.02 Å². The van der Waals surface area contributed by atoms with Crippen LogP contribution < -0.4 is 5.32 Å². The van der Waals surface area contributed by atoms with Gasteiger partial charge in [0.05, 0.1) is 12.0 Å². The lowest BCUT2D eigenvalue weighted by molar-refractivity contribution is -0.178. The number of carbonyl (C=O) groups is 2. The van der Waals surface area contributed by atoms with E-state index in [1.165, 1.54) is 6.42 Å². The highest BCUT2D eigenvalue weighted by Crippen LogP contribution is 2.41. The van der Waals surface area contributed by atoms with Crippen LogP contribution in [-0.2, 0) is 11.2 Å². The zero-order chi connectivity index (χ0) is 24.2. The summed E-state index contributed by atoms with van der Waals surface area (Å²) in [5.41, 5.74) is 0.918. The fourth-order valence-corrected chi connectivity index (χ4v) is 5.99. The van der Waals surface area contributed by atoms with Gasteiger partial charge in [0, 0.05) is 5.02 Å². The Bertz CT molecular complexity index is 831. The first-order valence-corrected chi connectivity index (χ1v) is 13.1. The van der Waals surface area contributed by atoms with Crippen LogP contribution in [0.5, 0.6) is 0 Å². The molecule has 3 amide bonds. The molecule has 6 nitrogen and oxygen atoms in total. The number of aryl methyl sites for hydroxylation is 1. The van der Waals surface area contributed by atoms with Gasteiger partial charge in [0.25, 0.3) is 0 Å². The summed E-state index contributed by atoms with van der Waals surface area (Å²) in [7, 11) is 4.27. The van der Waals surface area contributed by atoms with Crippen molar-refractivity contribution >= 4 is 42.0 Å². The van der Waals surface area contributed by atoms with Crippen molar-refractivity contribution in [3.8, 4) is 0 Å². The van der Waals surface area contributed by atoms with E-state index in [-0.39, 0.29) is 5.92 Å².